The Kier molecular flexibility index (Phi) is 42.9. The Morgan fingerprint density at radius 3 is 1.17 bits per heavy atom. The van der Waals surface area contributed by atoms with Gasteiger partial charge in [-0.25, -0.2) is 0 Å². The molecule has 5 nitrogen and oxygen atoms in total. The topological polar surface area (TPSA) is 61.8 Å². The van der Waals surface area contributed by atoms with Crippen LogP contribution in [0.4, 0.5) is 0 Å². The smallest absolute Gasteiger partial charge is 0.306 e. The molecule has 308 valence electrons. The van der Waals surface area contributed by atoms with Crippen molar-refractivity contribution in [2.45, 2.75) is 258 Å². The van der Waals surface area contributed by atoms with Crippen LogP contribution in [0.25, 0.3) is 0 Å². The van der Waals surface area contributed by atoms with Crippen LogP contribution in [0.1, 0.15) is 252 Å². The first-order chi connectivity index (χ1) is 25.6. The first kappa shape index (κ1) is 50.6. The van der Waals surface area contributed by atoms with E-state index in [9.17, 15) is 9.59 Å². The third-order valence-electron chi connectivity index (χ3n) is 10.3. The lowest BCUT2D eigenvalue weighted by Crippen LogP contribution is -2.30. The summed E-state index contributed by atoms with van der Waals surface area (Å²) in [5.41, 5.74) is 0. The van der Waals surface area contributed by atoms with E-state index < -0.39 is 6.10 Å². The van der Waals surface area contributed by atoms with Crippen molar-refractivity contribution >= 4 is 11.9 Å². The Morgan fingerprint density at radius 1 is 0.404 bits per heavy atom. The summed E-state index contributed by atoms with van der Waals surface area (Å²) in [6.45, 7) is 7.82. The van der Waals surface area contributed by atoms with Gasteiger partial charge in [-0.3, -0.25) is 9.59 Å². The Balaban J connectivity index is 4.09. The zero-order valence-corrected chi connectivity index (χ0v) is 35.4. The second-order valence-corrected chi connectivity index (χ2v) is 15.7. The number of hydrogen-bond acceptors (Lipinski definition) is 5. The molecule has 0 N–H and O–H groups in total. The second kappa shape index (κ2) is 44.0. The standard InChI is InChI=1S/C47H90O5/c1-4-7-10-13-16-18-20-22-23-24-25-26-27-29-32-34-37-40-46(48)51-44-45(52-47(49)41-38-35-31-15-12-9-6-3)43-50-42-39-36-33-30-28-21-19-17-14-11-8-5-2/h22-23,45H,4-21,24-44H2,1-3H3/b23-22-. The minimum Gasteiger partial charge on any atom is -0.462 e. The van der Waals surface area contributed by atoms with Gasteiger partial charge in [0.25, 0.3) is 0 Å². The molecule has 0 fully saturated rings. The van der Waals surface area contributed by atoms with Crippen LogP contribution in [0, 0.1) is 0 Å². The molecule has 0 saturated heterocycles. The van der Waals surface area contributed by atoms with Crippen LogP contribution < -0.4 is 0 Å². The van der Waals surface area contributed by atoms with Gasteiger partial charge in [-0.2, -0.15) is 0 Å². The Labute approximate surface area is 325 Å². The molecule has 0 saturated carbocycles. The molecule has 0 aliphatic heterocycles. The van der Waals surface area contributed by atoms with Crippen molar-refractivity contribution in [3.63, 3.8) is 0 Å². The summed E-state index contributed by atoms with van der Waals surface area (Å²) in [6, 6.07) is 0. The molecule has 0 radical (unpaired) electrons. The quantitative estimate of drug-likeness (QED) is 0.0355. The highest BCUT2D eigenvalue weighted by Crippen LogP contribution is 2.14. The summed E-state index contributed by atoms with van der Waals surface area (Å²) in [5.74, 6) is -0.394. The molecule has 52 heavy (non-hydrogen) atoms. The highest BCUT2D eigenvalue weighted by Gasteiger charge is 2.17. The normalized spacial score (nSPS) is 12.1. The molecular weight excluding hydrogens is 645 g/mol. The van der Waals surface area contributed by atoms with E-state index in [4.69, 9.17) is 14.2 Å². The minimum absolute atomic E-state index is 0.0907. The first-order valence-electron chi connectivity index (χ1n) is 23.2. The number of allylic oxidation sites excluding steroid dienone is 2. The van der Waals surface area contributed by atoms with E-state index in [0.29, 0.717) is 26.1 Å². The Bertz CT molecular complexity index is 750. The molecular formula is C47H90O5. The van der Waals surface area contributed by atoms with Crippen LogP contribution in [0.15, 0.2) is 12.2 Å². The van der Waals surface area contributed by atoms with Gasteiger partial charge in [0.2, 0.25) is 0 Å². The van der Waals surface area contributed by atoms with E-state index in [1.807, 2.05) is 0 Å². The van der Waals surface area contributed by atoms with Crippen LogP contribution >= 0.6 is 0 Å². The Hall–Kier alpha value is -1.36. The van der Waals surface area contributed by atoms with Crippen molar-refractivity contribution in [1.29, 1.82) is 0 Å². The van der Waals surface area contributed by atoms with Crippen LogP contribution in [-0.4, -0.2) is 37.9 Å². The third kappa shape index (κ3) is 41.4. The highest BCUT2D eigenvalue weighted by atomic mass is 16.6. The number of ether oxygens (including phenoxy) is 3. The minimum atomic E-state index is -0.524. The molecule has 0 aromatic rings. The van der Waals surface area contributed by atoms with Crippen molar-refractivity contribution in [1.82, 2.24) is 0 Å². The lowest BCUT2D eigenvalue weighted by molar-refractivity contribution is -0.163. The number of esters is 2. The fourth-order valence-corrected chi connectivity index (χ4v) is 6.80. The third-order valence-corrected chi connectivity index (χ3v) is 10.3. The molecule has 0 amide bonds. The predicted molar refractivity (Wildman–Crippen MR) is 224 cm³/mol. The van der Waals surface area contributed by atoms with Crippen LogP contribution in [-0.2, 0) is 23.8 Å². The maximum absolute atomic E-state index is 12.6. The number of hydrogen-bond donors (Lipinski definition) is 0. The van der Waals surface area contributed by atoms with E-state index in [0.717, 1.165) is 32.1 Å². The molecule has 0 aliphatic carbocycles. The van der Waals surface area contributed by atoms with Crippen LogP contribution in [0.2, 0.25) is 0 Å². The molecule has 1 atom stereocenters. The molecule has 5 heteroatoms. The molecule has 0 aliphatic rings. The fraction of sp³-hybridized carbons (Fsp3) is 0.915. The average Bonchev–Trinajstić information content (AvgIpc) is 3.14. The fourth-order valence-electron chi connectivity index (χ4n) is 6.80. The van der Waals surface area contributed by atoms with Gasteiger partial charge < -0.3 is 14.2 Å². The first-order valence-corrected chi connectivity index (χ1v) is 23.2. The molecule has 0 rings (SSSR count). The van der Waals surface area contributed by atoms with Gasteiger partial charge in [0.05, 0.1) is 6.61 Å². The van der Waals surface area contributed by atoms with Gasteiger partial charge in [0.15, 0.2) is 6.10 Å². The zero-order chi connectivity index (χ0) is 37.8. The van der Waals surface area contributed by atoms with Crippen molar-refractivity contribution in [2.75, 3.05) is 19.8 Å². The maximum Gasteiger partial charge on any atom is 0.306 e. The van der Waals surface area contributed by atoms with E-state index in [1.165, 1.54) is 186 Å². The predicted octanol–water partition coefficient (Wildman–Crippen LogP) is 15.1. The SMILES string of the molecule is CCCCCCCC/C=C\CCCCCCCCCC(=O)OCC(COCCCCCCCCCCCCCC)OC(=O)CCCCCCCCC. The summed E-state index contributed by atoms with van der Waals surface area (Å²) in [6.07, 6.45) is 47.9. The number of carbonyl (C=O) groups is 2. The van der Waals surface area contributed by atoms with Gasteiger partial charge in [-0.05, 0) is 44.9 Å². The van der Waals surface area contributed by atoms with Crippen LogP contribution in [0.5, 0.6) is 0 Å². The van der Waals surface area contributed by atoms with Gasteiger partial charge >= 0.3 is 11.9 Å². The van der Waals surface area contributed by atoms with Gasteiger partial charge in [0, 0.05) is 19.4 Å². The monoisotopic (exact) mass is 735 g/mol. The molecule has 0 spiro atoms. The van der Waals surface area contributed by atoms with E-state index in [2.05, 4.69) is 32.9 Å². The van der Waals surface area contributed by atoms with Gasteiger partial charge in [-0.15, -0.1) is 0 Å². The molecule has 0 heterocycles. The molecule has 1 unspecified atom stereocenters. The summed E-state index contributed by atoms with van der Waals surface area (Å²) >= 11 is 0. The summed E-state index contributed by atoms with van der Waals surface area (Å²) in [4.78, 5) is 25.1. The molecule has 0 aromatic heterocycles. The zero-order valence-electron chi connectivity index (χ0n) is 35.4. The van der Waals surface area contributed by atoms with E-state index in [1.54, 1.807) is 0 Å². The van der Waals surface area contributed by atoms with E-state index >= 15 is 0 Å². The van der Waals surface area contributed by atoms with Crippen molar-refractivity contribution in [3.05, 3.63) is 12.2 Å². The number of carbonyl (C=O) groups excluding carboxylic acids is 2. The van der Waals surface area contributed by atoms with E-state index in [-0.39, 0.29) is 18.5 Å². The maximum atomic E-state index is 12.6. The average molecular weight is 735 g/mol. The molecule has 0 aromatic carbocycles. The van der Waals surface area contributed by atoms with Crippen molar-refractivity contribution < 1.29 is 23.8 Å². The summed E-state index contributed by atoms with van der Waals surface area (Å²) in [7, 11) is 0. The van der Waals surface area contributed by atoms with Crippen LogP contribution in [0.3, 0.4) is 0 Å². The largest absolute Gasteiger partial charge is 0.462 e. The summed E-state index contributed by atoms with van der Waals surface area (Å²) < 4.78 is 17.3. The number of rotatable bonds is 43. The number of unbranched alkanes of at least 4 members (excludes halogenated alkanes) is 30. The summed E-state index contributed by atoms with van der Waals surface area (Å²) in [5, 5.41) is 0. The van der Waals surface area contributed by atoms with Gasteiger partial charge in [-0.1, -0.05) is 206 Å². The van der Waals surface area contributed by atoms with Crippen molar-refractivity contribution in [2.24, 2.45) is 0 Å². The lowest BCUT2D eigenvalue weighted by atomic mass is 10.1. The lowest BCUT2D eigenvalue weighted by Gasteiger charge is -2.18. The van der Waals surface area contributed by atoms with Gasteiger partial charge in [0.1, 0.15) is 6.61 Å². The highest BCUT2D eigenvalue weighted by molar-refractivity contribution is 5.70. The second-order valence-electron chi connectivity index (χ2n) is 15.7. The van der Waals surface area contributed by atoms with Crippen molar-refractivity contribution in [3.8, 4) is 0 Å². The Morgan fingerprint density at radius 2 is 0.750 bits per heavy atom. The molecule has 0 bridgehead atoms.